The molecule has 0 aromatic rings. The van der Waals surface area contributed by atoms with Gasteiger partial charge in [-0.05, 0) is 40.4 Å². The van der Waals surface area contributed by atoms with E-state index in [1.54, 1.807) is 0 Å². The van der Waals surface area contributed by atoms with Crippen LogP contribution in [0.5, 0.6) is 0 Å². The summed E-state index contributed by atoms with van der Waals surface area (Å²) < 4.78 is 0. The molecule has 0 aromatic heterocycles. The van der Waals surface area contributed by atoms with E-state index in [0.29, 0.717) is 6.04 Å². The van der Waals surface area contributed by atoms with E-state index in [1.807, 2.05) is 27.9 Å². The molecule has 1 unspecified atom stereocenters. The van der Waals surface area contributed by atoms with Gasteiger partial charge in [-0.15, -0.1) is 0 Å². The van der Waals surface area contributed by atoms with Crippen LogP contribution < -0.4 is 10.6 Å². The molecule has 0 aliphatic rings. The molecule has 0 heterocycles. The monoisotopic (exact) mass is 218 g/mol. The Morgan fingerprint density at radius 1 is 1.00 bits per heavy atom. The molecule has 2 heteroatoms. The van der Waals surface area contributed by atoms with Crippen molar-refractivity contribution in [1.82, 2.24) is 10.6 Å². The summed E-state index contributed by atoms with van der Waals surface area (Å²) in [6.45, 7) is 11.9. The van der Waals surface area contributed by atoms with Gasteiger partial charge in [-0.1, -0.05) is 40.5 Å². The molecule has 2 N–H and O–H groups in total. The second-order valence-corrected chi connectivity index (χ2v) is 3.47. The first-order valence-corrected chi connectivity index (χ1v) is 6.54. The molecule has 0 radical (unpaired) electrons. The Balaban J connectivity index is -0.000000245. The Morgan fingerprint density at radius 2 is 1.47 bits per heavy atom. The van der Waals surface area contributed by atoms with E-state index in [9.17, 15) is 0 Å². The molecule has 96 valence electrons. The number of rotatable bonds is 6. The van der Waals surface area contributed by atoms with Crippen LogP contribution in [0.1, 0.15) is 60.3 Å². The molecule has 0 aromatic carbocycles. The number of hydrogen-bond donors (Lipinski definition) is 2. The molecule has 15 heavy (non-hydrogen) atoms. The van der Waals surface area contributed by atoms with Gasteiger partial charge in [0.1, 0.15) is 0 Å². The van der Waals surface area contributed by atoms with Crippen molar-refractivity contribution in [3.8, 4) is 0 Å². The van der Waals surface area contributed by atoms with Gasteiger partial charge in [0.15, 0.2) is 0 Å². The molecule has 0 bridgehead atoms. The Morgan fingerprint density at radius 3 is 1.80 bits per heavy atom. The molecule has 0 rings (SSSR count). The molecule has 0 aliphatic heterocycles. The summed E-state index contributed by atoms with van der Waals surface area (Å²) in [5.74, 6) is 0. The molecule has 0 saturated heterocycles. The minimum absolute atomic E-state index is 0.705. The van der Waals surface area contributed by atoms with Gasteiger partial charge in [0.2, 0.25) is 0 Å². The standard InChI is InChI=1S/C9H21N.C2H7N.C2H6/c1-4-6-7-8-10-9(3)5-2;1-3-2;1-2/h9-10H,4-8H2,1-3H3;3H,1-2H3;1-2H3. The first-order chi connectivity index (χ1) is 7.22. The second-order valence-electron chi connectivity index (χ2n) is 3.47. The lowest BCUT2D eigenvalue weighted by Gasteiger charge is -2.09. The fourth-order valence-electron chi connectivity index (χ4n) is 0.868. The van der Waals surface area contributed by atoms with Gasteiger partial charge >= 0.3 is 0 Å². The topological polar surface area (TPSA) is 24.1 Å². The van der Waals surface area contributed by atoms with Crippen LogP contribution in [0.2, 0.25) is 0 Å². The maximum absolute atomic E-state index is 3.47. The zero-order chi connectivity index (χ0) is 12.5. The predicted molar refractivity (Wildman–Crippen MR) is 73.6 cm³/mol. The van der Waals surface area contributed by atoms with Crippen molar-refractivity contribution in [3.63, 3.8) is 0 Å². The SMILES string of the molecule is CC.CCCCCNC(C)CC.CNC. The lowest BCUT2D eigenvalue weighted by molar-refractivity contribution is 0.514. The van der Waals surface area contributed by atoms with Crippen molar-refractivity contribution in [1.29, 1.82) is 0 Å². The normalized spacial score (nSPS) is 10.6. The molecule has 0 spiro atoms. The van der Waals surface area contributed by atoms with Crippen LogP contribution in [0.4, 0.5) is 0 Å². The maximum Gasteiger partial charge on any atom is 0.00360 e. The van der Waals surface area contributed by atoms with Gasteiger partial charge in [-0.25, -0.2) is 0 Å². The Labute approximate surface area is 98.2 Å². The van der Waals surface area contributed by atoms with E-state index in [0.717, 1.165) is 0 Å². The summed E-state index contributed by atoms with van der Waals surface area (Å²) in [6, 6.07) is 0.705. The molecule has 0 amide bonds. The zero-order valence-electron chi connectivity index (χ0n) is 12.1. The van der Waals surface area contributed by atoms with E-state index in [4.69, 9.17) is 0 Å². The fourth-order valence-corrected chi connectivity index (χ4v) is 0.868. The van der Waals surface area contributed by atoms with E-state index in [-0.39, 0.29) is 0 Å². The van der Waals surface area contributed by atoms with Gasteiger partial charge < -0.3 is 10.6 Å². The Kier molecular flexibility index (Phi) is 32.0. The summed E-state index contributed by atoms with van der Waals surface area (Å²) in [4.78, 5) is 0. The maximum atomic E-state index is 3.47. The lowest BCUT2D eigenvalue weighted by Crippen LogP contribution is -2.25. The molecular formula is C13H34N2. The molecular weight excluding hydrogens is 184 g/mol. The third-order valence-corrected chi connectivity index (χ3v) is 1.89. The van der Waals surface area contributed by atoms with Crippen molar-refractivity contribution in [2.75, 3.05) is 20.6 Å². The van der Waals surface area contributed by atoms with Crippen molar-refractivity contribution in [2.45, 2.75) is 66.3 Å². The summed E-state index contributed by atoms with van der Waals surface area (Å²) in [7, 11) is 3.75. The van der Waals surface area contributed by atoms with Gasteiger partial charge in [-0.3, -0.25) is 0 Å². The minimum atomic E-state index is 0.705. The van der Waals surface area contributed by atoms with Crippen LogP contribution in [0, 0.1) is 0 Å². The van der Waals surface area contributed by atoms with Crippen LogP contribution >= 0.6 is 0 Å². The molecule has 2 nitrogen and oxygen atoms in total. The average Bonchev–Trinajstić information content (AvgIpc) is 2.28. The van der Waals surface area contributed by atoms with Crippen LogP contribution in [0.3, 0.4) is 0 Å². The van der Waals surface area contributed by atoms with Crippen molar-refractivity contribution in [2.24, 2.45) is 0 Å². The number of hydrogen-bond acceptors (Lipinski definition) is 2. The van der Waals surface area contributed by atoms with Crippen molar-refractivity contribution < 1.29 is 0 Å². The summed E-state index contributed by atoms with van der Waals surface area (Å²) in [5.41, 5.74) is 0. The second kappa shape index (κ2) is 23.6. The smallest absolute Gasteiger partial charge is 0.00360 e. The van der Waals surface area contributed by atoms with Crippen molar-refractivity contribution >= 4 is 0 Å². The average molecular weight is 218 g/mol. The third kappa shape index (κ3) is 31.5. The summed E-state index contributed by atoms with van der Waals surface area (Å²) in [5, 5.41) is 6.22. The predicted octanol–water partition coefficient (Wildman–Crippen LogP) is 3.43. The van der Waals surface area contributed by atoms with Gasteiger partial charge in [0.25, 0.3) is 0 Å². The van der Waals surface area contributed by atoms with Crippen molar-refractivity contribution in [3.05, 3.63) is 0 Å². The van der Waals surface area contributed by atoms with Gasteiger partial charge in [0.05, 0.1) is 0 Å². The third-order valence-electron chi connectivity index (χ3n) is 1.89. The van der Waals surface area contributed by atoms with E-state index < -0.39 is 0 Å². The van der Waals surface area contributed by atoms with Crippen LogP contribution in [-0.2, 0) is 0 Å². The number of unbranched alkanes of at least 4 members (excludes halogenated alkanes) is 2. The highest BCUT2D eigenvalue weighted by molar-refractivity contribution is 4.56. The van der Waals surface area contributed by atoms with Crippen LogP contribution in [-0.4, -0.2) is 26.7 Å². The highest BCUT2D eigenvalue weighted by Gasteiger charge is 1.94. The quantitative estimate of drug-likeness (QED) is 0.668. The zero-order valence-corrected chi connectivity index (χ0v) is 12.1. The molecule has 0 saturated carbocycles. The Hall–Kier alpha value is -0.0800. The molecule has 1 atom stereocenters. The highest BCUT2D eigenvalue weighted by Crippen LogP contribution is 1.93. The highest BCUT2D eigenvalue weighted by atomic mass is 14.9. The largest absolute Gasteiger partial charge is 0.323 e. The van der Waals surface area contributed by atoms with Crippen LogP contribution in [0.15, 0.2) is 0 Å². The van der Waals surface area contributed by atoms with E-state index in [1.165, 1.54) is 32.2 Å². The number of nitrogens with one attached hydrogen (secondary N) is 2. The lowest BCUT2D eigenvalue weighted by atomic mass is 10.2. The Bertz CT molecular complexity index is 74.9. The summed E-state index contributed by atoms with van der Waals surface area (Å²) in [6.07, 6.45) is 5.26. The van der Waals surface area contributed by atoms with Crippen LogP contribution in [0.25, 0.3) is 0 Å². The van der Waals surface area contributed by atoms with Gasteiger partial charge in [0, 0.05) is 6.04 Å². The summed E-state index contributed by atoms with van der Waals surface area (Å²) >= 11 is 0. The molecule has 0 aliphatic carbocycles. The first kappa shape index (κ1) is 20.3. The molecule has 0 fully saturated rings. The van der Waals surface area contributed by atoms with Gasteiger partial charge in [-0.2, -0.15) is 0 Å². The fraction of sp³-hybridized carbons (Fsp3) is 1.00. The van der Waals surface area contributed by atoms with E-state index >= 15 is 0 Å². The minimum Gasteiger partial charge on any atom is -0.323 e. The first-order valence-electron chi connectivity index (χ1n) is 6.54. The van der Waals surface area contributed by atoms with E-state index in [2.05, 4.69) is 31.4 Å².